The van der Waals surface area contributed by atoms with Crippen molar-refractivity contribution in [2.75, 3.05) is 13.1 Å². The molecule has 0 spiro atoms. The lowest BCUT2D eigenvalue weighted by atomic mass is 10.1. The minimum absolute atomic E-state index is 0.135. The Kier molecular flexibility index (Phi) is 6.12. The minimum Gasteiger partial charge on any atom is -0.434 e. The zero-order valence-corrected chi connectivity index (χ0v) is 9.90. The summed E-state index contributed by atoms with van der Waals surface area (Å²) in [5.74, 6) is 2.63. The van der Waals surface area contributed by atoms with Gasteiger partial charge in [0.05, 0.1) is 0 Å². The van der Waals surface area contributed by atoms with Crippen molar-refractivity contribution >= 4 is 0 Å². The third-order valence-electron chi connectivity index (χ3n) is 2.41. The predicted octanol–water partition coefficient (Wildman–Crippen LogP) is 1.90. The highest BCUT2D eigenvalue weighted by atomic mass is 19.3. The topological polar surface area (TPSA) is 47.3 Å². The number of benzene rings is 1. The smallest absolute Gasteiger partial charge is 0.387 e. The van der Waals surface area contributed by atoms with Gasteiger partial charge in [-0.2, -0.15) is 8.78 Å². The maximum absolute atomic E-state index is 12.3. The molecule has 1 aromatic carbocycles. The van der Waals surface area contributed by atoms with E-state index in [2.05, 4.69) is 16.0 Å². The molecule has 1 atom stereocenters. The van der Waals surface area contributed by atoms with Crippen molar-refractivity contribution in [1.82, 2.24) is 5.32 Å². The van der Waals surface area contributed by atoms with E-state index in [0.29, 0.717) is 18.5 Å². The van der Waals surface area contributed by atoms with Crippen LogP contribution in [0.1, 0.15) is 18.0 Å². The van der Waals surface area contributed by atoms with E-state index in [1.807, 2.05) is 0 Å². The Morgan fingerprint density at radius 3 is 2.72 bits per heavy atom. The fraction of sp³-hybridized carbons (Fsp3) is 0.385. The molecule has 0 amide bonds. The van der Waals surface area contributed by atoms with Crippen LogP contribution in [0.15, 0.2) is 24.3 Å². The summed E-state index contributed by atoms with van der Waals surface area (Å²) >= 11 is 0. The SMILES string of the molecule is C#CCCNC(CN)c1ccccc1OC(F)F. The summed E-state index contributed by atoms with van der Waals surface area (Å²) in [6, 6.07) is 6.33. The van der Waals surface area contributed by atoms with Crippen LogP contribution in [0.5, 0.6) is 5.75 Å². The fourth-order valence-corrected chi connectivity index (χ4v) is 1.61. The van der Waals surface area contributed by atoms with Gasteiger partial charge in [0.15, 0.2) is 0 Å². The molecule has 0 radical (unpaired) electrons. The van der Waals surface area contributed by atoms with Crippen molar-refractivity contribution in [1.29, 1.82) is 0 Å². The average Bonchev–Trinajstić information content (AvgIpc) is 2.35. The second kappa shape index (κ2) is 7.64. The predicted molar refractivity (Wildman–Crippen MR) is 66.3 cm³/mol. The number of ether oxygens (including phenoxy) is 1. The molecule has 0 aliphatic carbocycles. The molecule has 5 heteroatoms. The second-order valence-electron chi connectivity index (χ2n) is 3.61. The zero-order valence-electron chi connectivity index (χ0n) is 9.90. The normalized spacial score (nSPS) is 12.2. The average molecular weight is 254 g/mol. The zero-order chi connectivity index (χ0) is 13.4. The first-order valence-electron chi connectivity index (χ1n) is 5.59. The van der Waals surface area contributed by atoms with Gasteiger partial charge in [0.2, 0.25) is 0 Å². The number of hydrogen-bond donors (Lipinski definition) is 2. The van der Waals surface area contributed by atoms with Crippen molar-refractivity contribution in [2.45, 2.75) is 19.1 Å². The Labute approximate surface area is 105 Å². The van der Waals surface area contributed by atoms with Crippen molar-refractivity contribution in [3.05, 3.63) is 29.8 Å². The van der Waals surface area contributed by atoms with Crippen LogP contribution in [0, 0.1) is 12.3 Å². The van der Waals surface area contributed by atoms with Gasteiger partial charge in [-0.3, -0.25) is 0 Å². The van der Waals surface area contributed by atoms with Crippen LogP contribution in [-0.2, 0) is 0 Å². The molecule has 0 heterocycles. The summed E-state index contributed by atoms with van der Waals surface area (Å²) in [5.41, 5.74) is 6.24. The molecule has 0 saturated carbocycles. The maximum atomic E-state index is 12.3. The first kappa shape index (κ1) is 14.4. The molecule has 1 unspecified atom stereocenters. The highest BCUT2D eigenvalue weighted by molar-refractivity contribution is 5.36. The van der Waals surface area contributed by atoms with Gasteiger partial charge in [-0.1, -0.05) is 18.2 Å². The Morgan fingerprint density at radius 2 is 2.11 bits per heavy atom. The fourth-order valence-electron chi connectivity index (χ4n) is 1.61. The second-order valence-corrected chi connectivity index (χ2v) is 3.61. The number of nitrogens with one attached hydrogen (secondary N) is 1. The summed E-state index contributed by atoms with van der Waals surface area (Å²) in [7, 11) is 0. The third kappa shape index (κ3) is 4.32. The van der Waals surface area contributed by atoms with Gasteiger partial charge in [-0.25, -0.2) is 0 Å². The quantitative estimate of drug-likeness (QED) is 0.577. The molecule has 1 aromatic rings. The molecule has 0 bridgehead atoms. The van der Waals surface area contributed by atoms with Crippen LogP contribution in [0.25, 0.3) is 0 Å². The Hall–Kier alpha value is -1.64. The lowest BCUT2D eigenvalue weighted by molar-refractivity contribution is -0.0507. The van der Waals surface area contributed by atoms with Crippen LogP contribution >= 0.6 is 0 Å². The molecule has 3 N–H and O–H groups in total. The monoisotopic (exact) mass is 254 g/mol. The number of halogens is 2. The largest absolute Gasteiger partial charge is 0.434 e. The number of terminal acetylenes is 1. The third-order valence-corrected chi connectivity index (χ3v) is 2.41. The van der Waals surface area contributed by atoms with E-state index in [4.69, 9.17) is 12.2 Å². The molecular formula is C13H16F2N2O. The van der Waals surface area contributed by atoms with Gasteiger partial charge in [-0.15, -0.1) is 12.3 Å². The van der Waals surface area contributed by atoms with Crippen LogP contribution < -0.4 is 15.8 Å². The van der Waals surface area contributed by atoms with Crippen LogP contribution in [0.2, 0.25) is 0 Å². The van der Waals surface area contributed by atoms with Gasteiger partial charge in [0.1, 0.15) is 5.75 Å². The summed E-state index contributed by atoms with van der Waals surface area (Å²) in [6.07, 6.45) is 5.70. The van der Waals surface area contributed by atoms with E-state index < -0.39 is 6.61 Å². The van der Waals surface area contributed by atoms with E-state index >= 15 is 0 Å². The van der Waals surface area contributed by atoms with Crippen molar-refractivity contribution in [2.24, 2.45) is 5.73 Å². The summed E-state index contributed by atoms with van der Waals surface area (Å²) < 4.78 is 29.0. The standard InChI is InChI=1S/C13H16F2N2O/c1-2-3-8-17-11(9-16)10-6-4-5-7-12(10)18-13(14)15/h1,4-7,11,13,17H,3,8-9,16H2. The van der Waals surface area contributed by atoms with E-state index in [-0.39, 0.29) is 18.3 Å². The van der Waals surface area contributed by atoms with Gasteiger partial charge < -0.3 is 15.8 Å². The Morgan fingerprint density at radius 1 is 1.39 bits per heavy atom. The molecule has 98 valence electrons. The summed E-state index contributed by atoms with van der Waals surface area (Å²) in [6.45, 7) is -2.01. The molecule has 0 aliphatic rings. The Balaban J connectivity index is 2.81. The van der Waals surface area contributed by atoms with Crippen LogP contribution in [0.3, 0.4) is 0 Å². The number of hydrogen-bond acceptors (Lipinski definition) is 3. The van der Waals surface area contributed by atoms with E-state index in [0.717, 1.165) is 0 Å². The van der Waals surface area contributed by atoms with Crippen molar-refractivity contribution < 1.29 is 13.5 Å². The van der Waals surface area contributed by atoms with Crippen molar-refractivity contribution in [3.63, 3.8) is 0 Å². The lowest BCUT2D eigenvalue weighted by Crippen LogP contribution is -2.29. The van der Waals surface area contributed by atoms with Crippen molar-refractivity contribution in [3.8, 4) is 18.1 Å². The molecule has 0 saturated heterocycles. The van der Waals surface area contributed by atoms with E-state index in [1.165, 1.54) is 6.07 Å². The highest BCUT2D eigenvalue weighted by Gasteiger charge is 2.16. The molecule has 0 fully saturated rings. The summed E-state index contributed by atoms with van der Waals surface area (Å²) in [5, 5.41) is 3.11. The minimum atomic E-state index is -2.85. The number of nitrogens with two attached hydrogens (primary N) is 1. The van der Waals surface area contributed by atoms with Crippen LogP contribution in [-0.4, -0.2) is 19.7 Å². The number of rotatable bonds is 7. The van der Waals surface area contributed by atoms with Crippen LogP contribution in [0.4, 0.5) is 8.78 Å². The molecule has 0 aromatic heterocycles. The number of alkyl halides is 2. The van der Waals surface area contributed by atoms with Gasteiger partial charge in [0, 0.05) is 31.1 Å². The van der Waals surface area contributed by atoms with E-state index in [9.17, 15) is 8.78 Å². The molecular weight excluding hydrogens is 238 g/mol. The molecule has 3 nitrogen and oxygen atoms in total. The van der Waals surface area contributed by atoms with Gasteiger partial charge in [0.25, 0.3) is 0 Å². The molecule has 0 aliphatic heterocycles. The summed E-state index contributed by atoms with van der Waals surface area (Å²) in [4.78, 5) is 0. The maximum Gasteiger partial charge on any atom is 0.387 e. The first-order chi connectivity index (χ1) is 8.69. The highest BCUT2D eigenvalue weighted by Crippen LogP contribution is 2.25. The first-order valence-corrected chi connectivity index (χ1v) is 5.59. The number of para-hydroxylation sites is 1. The molecule has 1 rings (SSSR count). The van der Waals surface area contributed by atoms with Gasteiger partial charge in [-0.05, 0) is 6.07 Å². The Bertz CT molecular complexity index is 404. The lowest BCUT2D eigenvalue weighted by Gasteiger charge is -2.19. The molecule has 18 heavy (non-hydrogen) atoms. The van der Waals surface area contributed by atoms with E-state index in [1.54, 1.807) is 18.2 Å². The van der Waals surface area contributed by atoms with Gasteiger partial charge >= 0.3 is 6.61 Å².